The highest BCUT2D eigenvalue weighted by Gasteiger charge is 2.49. The van der Waals surface area contributed by atoms with Crippen molar-refractivity contribution >= 4 is 22.0 Å². The van der Waals surface area contributed by atoms with E-state index in [0.717, 1.165) is 11.3 Å². The molecule has 1 atom stereocenters. The van der Waals surface area contributed by atoms with Gasteiger partial charge in [0.25, 0.3) is 0 Å². The molecule has 1 N–H and O–H groups in total. The average molecular weight is 313 g/mol. The van der Waals surface area contributed by atoms with Gasteiger partial charge in [-0.25, -0.2) is 4.79 Å². The average Bonchev–Trinajstić information content (AvgIpc) is 2.64. The van der Waals surface area contributed by atoms with Gasteiger partial charge in [0.05, 0.1) is 11.0 Å². The first-order valence-electron chi connectivity index (χ1n) is 5.87. The maximum Gasteiger partial charge on any atom is 0.407 e. The molecule has 1 aromatic rings. The highest BCUT2D eigenvalue weighted by Crippen LogP contribution is 2.52. The van der Waals surface area contributed by atoms with E-state index in [9.17, 15) is 4.79 Å². The van der Waals surface area contributed by atoms with Crippen molar-refractivity contribution in [3.8, 4) is 5.75 Å². The fourth-order valence-electron chi connectivity index (χ4n) is 2.67. The molecule has 1 unspecified atom stereocenters. The topological polar surface area (TPSA) is 62.7 Å². The molecule has 1 spiro atoms. The van der Waals surface area contributed by atoms with Crippen molar-refractivity contribution in [3.63, 3.8) is 0 Å². The first-order chi connectivity index (χ1) is 8.62. The predicted octanol–water partition coefficient (Wildman–Crippen LogP) is 2.42. The van der Waals surface area contributed by atoms with Crippen LogP contribution in [0.5, 0.6) is 5.75 Å². The molecule has 2 aliphatic rings. The van der Waals surface area contributed by atoms with Crippen molar-refractivity contribution < 1.29 is 14.6 Å². The summed E-state index contributed by atoms with van der Waals surface area (Å²) in [5.74, 6) is 0.808. The third-order valence-corrected chi connectivity index (χ3v) is 5.07. The number of ether oxygens (including phenoxy) is 1. The van der Waals surface area contributed by atoms with Crippen LogP contribution in [-0.4, -0.2) is 39.8 Å². The van der Waals surface area contributed by atoms with Crippen LogP contribution in [0.3, 0.4) is 0 Å². The standard InChI is InChI=1S/C12H13BrN2O3/c13-10-8-1-4-14-7-9(8)18-12(10)2-5-15(6-3-12)11(16)17/h1,4,7,10H,2-3,5-6H2,(H,16,17). The third kappa shape index (κ3) is 1.67. The maximum absolute atomic E-state index is 10.9. The second-order valence-electron chi connectivity index (χ2n) is 4.71. The number of pyridine rings is 1. The van der Waals surface area contributed by atoms with E-state index < -0.39 is 6.09 Å². The lowest BCUT2D eigenvalue weighted by atomic mass is 9.87. The smallest absolute Gasteiger partial charge is 0.407 e. The zero-order valence-corrected chi connectivity index (χ0v) is 11.3. The summed E-state index contributed by atoms with van der Waals surface area (Å²) in [7, 11) is 0. The zero-order valence-electron chi connectivity index (χ0n) is 9.67. The van der Waals surface area contributed by atoms with Crippen molar-refractivity contribution in [2.45, 2.75) is 23.3 Å². The molecular weight excluding hydrogens is 300 g/mol. The normalized spacial score (nSPS) is 24.7. The van der Waals surface area contributed by atoms with Crippen LogP contribution in [0.25, 0.3) is 0 Å². The number of carboxylic acid groups (broad SMARTS) is 1. The Kier molecular flexibility index (Phi) is 2.69. The predicted molar refractivity (Wildman–Crippen MR) is 68.1 cm³/mol. The molecule has 5 nitrogen and oxygen atoms in total. The Balaban J connectivity index is 1.82. The van der Waals surface area contributed by atoms with Crippen LogP contribution in [0, 0.1) is 0 Å². The van der Waals surface area contributed by atoms with Gasteiger partial charge in [-0.2, -0.15) is 0 Å². The van der Waals surface area contributed by atoms with E-state index in [0.29, 0.717) is 25.9 Å². The van der Waals surface area contributed by atoms with Crippen LogP contribution < -0.4 is 4.74 Å². The van der Waals surface area contributed by atoms with Crippen molar-refractivity contribution in [2.24, 2.45) is 0 Å². The lowest BCUT2D eigenvalue weighted by molar-refractivity contribution is 0.0215. The SMILES string of the molecule is O=C(O)N1CCC2(CC1)Oc1cnccc1C2Br. The van der Waals surface area contributed by atoms with E-state index in [2.05, 4.69) is 20.9 Å². The summed E-state index contributed by atoms with van der Waals surface area (Å²) >= 11 is 3.69. The van der Waals surface area contributed by atoms with Gasteiger partial charge in [-0.05, 0) is 6.07 Å². The number of hydrogen-bond donors (Lipinski definition) is 1. The van der Waals surface area contributed by atoms with Crippen LogP contribution in [0.4, 0.5) is 4.79 Å². The molecule has 2 aliphatic heterocycles. The number of rotatable bonds is 0. The van der Waals surface area contributed by atoms with Crippen LogP contribution in [0.15, 0.2) is 18.5 Å². The van der Waals surface area contributed by atoms with Crippen molar-refractivity contribution in [3.05, 3.63) is 24.0 Å². The zero-order chi connectivity index (χ0) is 12.8. The van der Waals surface area contributed by atoms with Gasteiger partial charge in [0.1, 0.15) is 11.4 Å². The summed E-state index contributed by atoms with van der Waals surface area (Å²) in [5, 5.41) is 8.97. The number of carbonyl (C=O) groups is 1. The summed E-state index contributed by atoms with van der Waals surface area (Å²) in [6.45, 7) is 1.03. The molecule has 3 heterocycles. The summed E-state index contributed by atoms with van der Waals surface area (Å²) in [6.07, 6.45) is 4.02. The molecule has 1 amide bonds. The van der Waals surface area contributed by atoms with Crippen molar-refractivity contribution in [2.75, 3.05) is 13.1 Å². The minimum atomic E-state index is -0.854. The largest absolute Gasteiger partial charge is 0.484 e. The van der Waals surface area contributed by atoms with Crippen LogP contribution in [-0.2, 0) is 0 Å². The van der Waals surface area contributed by atoms with E-state index in [1.165, 1.54) is 4.90 Å². The highest BCUT2D eigenvalue weighted by atomic mass is 79.9. The minimum Gasteiger partial charge on any atom is -0.484 e. The van der Waals surface area contributed by atoms with Gasteiger partial charge in [-0.3, -0.25) is 4.98 Å². The number of amides is 1. The van der Waals surface area contributed by atoms with E-state index >= 15 is 0 Å². The monoisotopic (exact) mass is 312 g/mol. The molecular formula is C12H13BrN2O3. The summed E-state index contributed by atoms with van der Waals surface area (Å²) < 4.78 is 6.05. The molecule has 0 saturated carbocycles. The number of aromatic nitrogens is 1. The molecule has 96 valence electrons. The van der Waals surface area contributed by atoms with Gasteiger partial charge in [-0.1, -0.05) is 15.9 Å². The molecule has 0 aromatic carbocycles. The van der Waals surface area contributed by atoms with E-state index in [1.54, 1.807) is 12.4 Å². The first-order valence-corrected chi connectivity index (χ1v) is 6.79. The Hall–Kier alpha value is -1.30. The second-order valence-corrected chi connectivity index (χ2v) is 5.63. The molecule has 0 radical (unpaired) electrons. The molecule has 1 aromatic heterocycles. The summed E-state index contributed by atoms with van der Waals surface area (Å²) in [6, 6.07) is 1.95. The highest BCUT2D eigenvalue weighted by molar-refractivity contribution is 9.09. The van der Waals surface area contributed by atoms with Crippen LogP contribution in [0.2, 0.25) is 0 Å². The number of hydrogen-bond acceptors (Lipinski definition) is 3. The van der Waals surface area contributed by atoms with Gasteiger partial charge in [0.2, 0.25) is 0 Å². The number of piperidine rings is 1. The molecule has 1 saturated heterocycles. The fourth-order valence-corrected chi connectivity index (χ4v) is 3.60. The lowest BCUT2D eigenvalue weighted by Gasteiger charge is -2.39. The summed E-state index contributed by atoms with van der Waals surface area (Å²) in [4.78, 5) is 16.5. The van der Waals surface area contributed by atoms with E-state index in [1.807, 2.05) is 6.07 Å². The maximum atomic E-state index is 10.9. The molecule has 0 aliphatic carbocycles. The molecule has 1 fully saturated rings. The second kappa shape index (κ2) is 4.12. The quantitative estimate of drug-likeness (QED) is 0.747. The number of nitrogens with zero attached hydrogens (tertiary/aromatic N) is 2. The minimum absolute atomic E-state index is 0.110. The third-order valence-electron chi connectivity index (χ3n) is 3.74. The Morgan fingerprint density at radius 2 is 2.28 bits per heavy atom. The molecule has 0 bridgehead atoms. The first kappa shape index (κ1) is 11.8. The van der Waals surface area contributed by atoms with E-state index in [4.69, 9.17) is 9.84 Å². The Morgan fingerprint density at radius 3 is 2.89 bits per heavy atom. The lowest BCUT2D eigenvalue weighted by Crippen LogP contribution is -2.49. The van der Waals surface area contributed by atoms with Crippen LogP contribution in [0.1, 0.15) is 23.2 Å². The van der Waals surface area contributed by atoms with Gasteiger partial charge in [0.15, 0.2) is 0 Å². The van der Waals surface area contributed by atoms with Crippen LogP contribution >= 0.6 is 15.9 Å². The van der Waals surface area contributed by atoms with Gasteiger partial charge >= 0.3 is 6.09 Å². The Labute approximate surface area is 113 Å². The number of halogens is 1. The Morgan fingerprint density at radius 1 is 1.56 bits per heavy atom. The molecule has 18 heavy (non-hydrogen) atoms. The number of fused-ring (bicyclic) bond motifs is 1. The fraction of sp³-hybridized carbons (Fsp3) is 0.500. The molecule has 3 rings (SSSR count). The summed E-state index contributed by atoms with van der Waals surface area (Å²) in [5.41, 5.74) is 0.783. The number of alkyl halides is 1. The van der Waals surface area contributed by atoms with Gasteiger partial charge in [-0.15, -0.1) is 0 Å². The van der Waals surface area contributed by atoms with Crippen molar-refractivity contribution in [1.29, 1.82) is 0 Å². The Bertz CT molecular complexity index is 486. The van der Waals surface area contributed by atoms with Gasteiger partial charge in [0, 0.05) is 37.7 Å². The van der Waals surface area contributed by atoms with Gasteiger partial charge < -0.3 is 14.7 Å². The molecule has 6 heteroatoms. The van der Waals surface area contributed by atoms with Crippen molar-refractivity contribution in [1.82, 2.24) is 9.88 Å². The van der Waals surface area contributed by atoms with E-state index in [-0.39, 0.29) is 10.4 Å². The number of likely N-dealkylation sites (tertiary alicyclic amines) is 1.